The van der Waals surface area contributed by atoms with Gasteiger partial charge < -0.3 is 4.90 Å². The van der Waals surface area contributed by atoms with Crippen molar-refractivity contribution in [1.29, 1.82) is 0 Å². The molecule has 0 aliphatic carbocycles. The van der Waals surface area contributed by atoms with E-state index in [2.05, 4.69) is 31.7 Å². The van der Waals surface area contributed by atoms with Gasteiger partial charge in [0, 0.05) is 26.2 Å². The highest BCUT2D eigenvalue weighted by Crippen LogP contribution is 2.10. The summed E-state index contributed by atoms with van der Waals surface area (Å²) in [5, 5.41) is 0. The molecule has 5 heteroatoms. The lowest BCUT2D eigenvalue weighted by Crippen LogP contribution is -2.48. The van der Waals surface area contributed by atoms with Crippen molar-refractivity contribution < 1.29 is 4.79 Å². The number of hydrogen-bond acceptors (Lipinski definition) is 3. The average Bonchev–Trinajstić information content (AvgIpc) is 2.39. The first-order valence-electron chi connectivity index (χ1n) is 5.78. The summed E-state index contributed by atoms with van der Waals surface area (Å²) < 4.78 is 0.680. The van der Waals surface area contributed by atoms with Crippen molar-refractivity contribution in [3.63, 3.8) is 0 Å². The Morgan fingerprint density at radius 1 is 1.39 bits per heavy atom. The predicted octanol–water partition coefficient (Wildman–Crippen LogP) is 1.24. The number of terminal acetylenes is 1. The Morgan fingerprint density at radius 2 is 2.11 bits per heavy atom. The Hall–Kier alpha value is -1.38. The maximum atomic E-state index is 12.2. The summed E-state index contributed by atoms with van der Waals surface area (Å²) in [6.07, 6.45) is 5.27. The normalized spacial score (nSPS) is 16.3. The zero-order chi connectivity index (χ0) is 13.0. The highest BCUT2D eigenvalue weighted by molar-refractivity contribution is 9.10. The summed E-state index contributed by atoms with van der Waals surface area (Å²) in [6, 6.07) is 5.36. The number of hydrogen-bond donors (Lipinski definition) is 0. The molecule has 2 rings (SSSR count). The van der Waals surface area contributed by atoms with Crippen molar-refractivity contribution in [2.45, 2.75) is 0 Å². The van der Waals surface area contributed by atoms with E-state index in [0.29, 0.717) is 29.9 Å². The number of carbonyl (C=O) groups excluding carboxylic acids is 1. The third kappa shape index (κ3) is 3.09. The van der Waals surface area contributed by atoms with E-state index in [1.54, 1.807) is 6.07 Å². The van der Waals surface area contributed by atoms with Crippen LogP contribution in [-0.2, 0) is 0 Å². The molecule has 0 unspecified atom stereocenters. The lowest BCUT2D eigenvalue weighted by molar-refractivity contribution is 0.0646. The molecular formula is C13H14BrN3O. The van der Waals surface area contributed by atoms with Gasteiger partial charge in [-0.15, -0.1) is 6.42 Å². The van der Waals surface area contributed by atoms with Crippen LogP contribution in [0.1, 0.15) is 10.5 Å². The van der Waals surface area contributed by atoms with E-state index in [-0.39, 0.29) is 5.91 Å². The summed E-state index contributed by atoms with van der Waals surface area (Å²) in [5.74, 6) is 2.61. The number of rotatable bonds is 2. The highest BCUT2D eigenvalue weighted by atomic mass is 79.9. The fourth-order valence-corrected chi connectivity index (χ4v) is 2.27. The minimum Gasteiger partial charge on any atom is -0.335 e. The van der Waals surface area contributed by atoms with Crippen LogP contribution in [0, 0.1) is 12.3 Å². The second kappa shape index (κ2) is 5.98. The fraction of sp³-hybridized carbons (Fsp3) is 0.385. The summed E-state index contributed by atoms with van der Waals surface area (Å²) in [4.78, 5) is 20.4. The van der Waals surface area contributed by atoms with Crippen molar-refractivity contribution >= 4 is 21.8 Å². The van der Waals surface area contributed by atoms with Gasteiger partial charge in [0.05, 0.1) is 6.54 Å². The first-order chi connectivity index (χ1) is 8.70. The fourth-order valence-electron chi connectivity index (χ4n) is 1.93. The molecule has 2 heterocycles. The van der Waals surface area contributed by atoms with Gasteiger partial charge in [-0.25, -0.2) is 4.98 Å². The van der Waals surface area contributed by atoms with E-state index in [4.69, 9.17) is 6.42 Å². The molecule has 0 N–H and O–H groups in total. The van der Waals surface area contributed by atoms with E-state index in [1.165, 1.54) is 0 Å². The van der Waals surface area contributed by atoms with Crippen LogP contribution in [0.3, 0.4) is 0 Å². The molecular weight excluding hydrogens is 294 g/mol. The molecule has 1 aromatic heterocycles. The van der Waals surface area contributed by atoms with Gasteiger partial charge in [-0.1, -0.05) is 12.0 Å². The van der Waals surface area contributed by atoms with Gasteiger partial charge in [0.25, 0.3) is 5.91 Å². The Balaban J connectivity index is 1.98. The summed E-state index contributed by atoms with van der Waals surface area (Å²) in [6.45, 7) is 3.70. The molecule has 0 saturated carbocycles. The topological polar surface area (TPSA) is 36.4 Å². The van der Waals surface area contributed by atoms with Crippen LogP contribution >= 0.6 is 15.9 Å². The zero-order valence-electron chi connectivity index (χ0n) is 9.97. The number of aromatic nitrogens is 1. The SMILES string of the molecule is C#CCN1CCN(C(=O)c2cccc(Br)n2)CC1. The van der Waals surface area contributed by atoms with Gasteiger partial charge in [-0.2, -0.15) is 0 Å². The minimum absolute atomic E-state index is 0.0170. The lowest BCUT2D eigenvalue weighted by Gasteiger charge is -2.33. The van der Waals surface area contributed by atoms with Gasteiger partial charge in [-0.3, -0.25) is 9.69 Å². The van der Waals surface area contributed by atoms with Crippen LogP contribution in [0.2, 0.25) is 0 Å². The van der Waals surface area contributed by atoms with Gasteiger partial charge in [-0.05, 0) is 28.1 Å². The monoisotopic (exact) mass is 307 g/mol. The molecule has 1 aliphatic rings. The quantitative estimate of drug-likeness (QED) is 0.609. The largest absolute Gasteiger partial charge is 0.335 e. The van der Waals surface area contributed by atoms with E-state index >= 15 is 0 Å². The maximum Gasteiger partial charge on any atom is 0.272 e. The van der Waals surface area contributed by atoms with E-state index in [0.717, 1.165) is 13.1 Å². The third-order valence-corrected chi connectivity index (χ3v) is 3.35. The Kier molecular flexibility index (Phi) is 4.34. The van der Waals surface area contributed by atoms with E-state index in [1.807, 2.05) is 17.0 Å². The Labute approximate surface area is 115 Å². The molecule has 1 fully saturated rings. The average molecular weight is 308 g/mol. The van der Waals surface area contributed by atoms with Crippen LogP contribution in [-0.4, -0.2) is 53.4 Å². The molecule has 0 bridgehead atoms. The number of nitrogens with zero attached hydrogens (tertiary/aromatic N) is 3. The molecule has 1 saturated heterocycles. The number of amides is 1. The van der Waals surface area contributed by atoms with Crippen molar-refractivity contribution in [3.8, 4) is 12.3 Å². The first kappa shape index (κ1) is 13.1. The van der Waals surface area contributed by atoms with Crippen molar-refractivity contribution in [2.24, 2.45) is 0 Å². The van der Waals surface area contributed by atoms with Crippen LogP contribution in [0.4, 0.5) is 0 Å². The van der Waals surface area contributed by atoms with Crippen molar-refractivity contribution in [2.75, 3.05) is 32.7 Å². The maximum absolute atomic E-state index is 12.2. The Bertz CT molecular complexity index is 475. The molecule has 94 valence electrons. The highest BCUT2D eigenvalue weighted by Gasteiger charge is 2.22. The molecule has 1 amide bonds. The second-order valence-corrected chi connectivity index (χ2v) is 4.93. The zero-order valence-corrected chi connectivity index (χ0v) is 11.6. The van der Waals surface area contributed by atoms with E-state index < -0.39 is 0 Å². The van der Waals surface area contributed by atoms with E-state index in [9.17, 15) is 4.79 Å². The minimum atomic E-state index is -0.0170. The smallest absolute Gasteiger partial charge is 0.272 e. The second-order valence-electron chi connectivity index (χ2n) is 4.12. The first-order valence-corrected chi connectivity index (χ1v) is 6.57. The van der Waals surface area contributed by atoms with Gasteiger partial charge in [0.1, 0.15) is 10.3 Å². The standard InChI is InChI=1S/C13H14BrN3O/c1-2-6-16-7-9-17(10-8-16)13(18)11-4-3-5-12(14)15-11/h1,3-5H,6-10H2. The van der Waals surface area contributed by atoms with Gasteiger partial charge >= 0.3 is 0 Å². The summed E-state index contributed by atoms with van der Waals surface area (Å²) in [7, 11) is 0. The third-order valence-electron chi connectivity index (χ3n) is 2.91. The van der Waals surface area contributed by atoms with Gasteiger partial charge in [0.15, 0.2) is 0 Å². The number of halogens is 1. The lowest BCUT2D eigenvalue weighted by atomic mass is 10.2. The molecule has 1 aliphatic heterocycles. The number of pyridine rings is 1. The van der Waals surface area contributed by atoms with Crippen LogP contribution in [0.25, 0.3) is 0 Å². The molecule has 4 nitrogen and oxygen atoms in total. The molecule has 1 aromatic rings. The van der Waals surface area contributed by atoms with Crippen molar-refractivity contribution in [1.82, 2.24) is 14.8 Å². The molecule has 0 aromatic carbocycles. The molecule has 18 heavy (non-hydrogen) atoms. The Morgan fingerprint density at radius 3 is 2.72 bits per heavy atom. The molecule has 0 atom stereocenters. The number of carbonyl (C=O) groups is 1. The van der Waals surface area contributed by atoms with Gasteiger partial charge in [0.2, 0.25) is 0 Å². The molecule has 0 spiro atoms. The predicted molar refractivity (Wildman–Crippen MR) is 73.1 cm³/mol. The molecule has 0 radical (unpaired) electrons. The van der Waals surface area contributed by atoms with Crippen molar-refractivity contribution in [3.05, 3.63) is 28.5 Å². The number of piperazine rings is 1. The summed E-state index contributed by atoms with van der Waals surface area (Å²) >= 11 is 3.27. The van der Waals surface area contributed by atoms with Crippen LogP contribution < -0.4 is 0 Å². The van der Waals surface area contributed by atoms with Crippen LogP contribution in [0.5, 0.6) is 0 Å². The summed E-state index contributed by atoms with van der Waals surface area (Å²) in [5.41, 5.74) is 0.481. The van der Waals surface area contributed by atoms with Crippen LogP contribution in [0.15, 0.2) is 22.8 Å².